The van der Waals surface area contributed by atoms with Crippen molar-refractivity contribution in [2.24, 2.45) is 0 Å². The van der Waals surface area contributed by atoms with Crippen molar-refractivity contribution < 1.29 is 9.90 Å². The van der Waals surface area contributed by atoms with Crippen LogP contribution in [0.3, 0.4) is 0 Å². The van der Waals surface area contributed by atoms with Crippen molar-refractivity contribution in [3.05, 3.63) is 0 Å². The number of carboxylic acid groups (broad SMARTS) is 1. The van der Waals surface area contributed by atoms with Gasteiger partial charge in [0.05, 0.1) is 0 Å². The van der Waals surface area contributed by atoms with Gasteiger partial charge in [-0.25, -0.2) is 0 Å². The van der Waals surface area contributed by atoms with E-state index in [0.29, 0.717) is 0 Å². The van der Waals surface area contributed by atoms with Gasteiger partial charge < -0.3 is 5.11 Å². The van der Waals surface area contributed by atoms with Gasteiger partial charge in [0.1, 0.15) is 0 Å². The Morgan fingerprint density at radius 2 is 1.86 bits per heavy atom. The van der Waals surface area contributed by atoms with Gasteiger partial charge in [-0.3, -0.25) is 4.79 Å². The summed E-state index contributed by atoms with van der Waals surface area (Å²) in [7, 11) is 0. The summed E-state index contributed by atoms with van der Waals surface area (Å²) in [5.41, 5.74) is 0. The predicted molar refractivity (Wildman–Crippen MR) is 33.6 cm³/mol. The normalized spacial score (nSPS) is 5.29. The first kappa shape index (κ1) is 16.2. The fourth-order valence-electron chi connectivity index (χ4n) is 0. The molecular formula is C3H9CaKO2. The average Bonchev–Trinajstić information content (AvgIpc) is 1.38. The second kappa shape index (κ2) is 11.2. The molecule has 0 aliphatic heterocycles. The average molecular weight is 156 g/mol. The molecule has 0 aliphatic rings. The van der Waals surface area contributed by atoms with E-state index < -0.39 is 5.97 Å². The Labute approximate surface area is 115 Å². The van der Waals surface area contributed by atoms with E-state index in [4.69, 9.17) is 5.11 Å². The first-order valence-corrected chi connectivity index (χ1v) is 1.49. The molecule has 0 fully saturated rings. The number of aliphatic carboxylic acids is 1. The molecular weight excluding hydrogens is 147 g/mol. The Hall–Kier alpha value is 2.37. The van der Waals surface area contributed by atoms with Gasteiger partial charge >= 0.3 is 95.1 Å². The molecule has 0 amide bonds. The minimum absolute atomic E-state index is 0. The minimum atomic E-state index is -0.745. The zero-order valence-corrected chi connectivity index (χ0v) is 3.06. The van der Waals surface area contributed by atoms with Crippen LogP contribution in [0.5, 0.6) is 0 Å². The maximum absolute atomic E-state index is 9.37. The molecule has 0 radical (unpaired) electrons. The van der Waals surface area contributed by atoms with Gasteiger partial charge in [0.2, 0.25) is 0 Å². The number of hydrogen-bond acceptors (Lipinski definition) is 1. The molecule has 36 valence electrons. The van der Waals surface area contributed by atoms with Crippen molar-refractivity contribution in [2.45, 2.75) is 13.3 Å². The Morgan fingerprint density at radius 1 is 1.71 bits per heavy atom. The summed E-state index contributed by atoms with van der Waals surface area (Å²) < 4.78 is 0. The van der Waals surface area contributed by atoms with E-state index in [1.807, 2.05) is 0 Å². The van der Waals surface area contributed by atoms with E-state index in [9.17, 15) is 4.79 Å². The van der Waals surface area contributed by atoms with Crippen molar-refractivity contribution >= 4 is 95.1 Å². The van der Waals surface area contributed by atoms with Gasteiger partial charge in [-0.2, -0.15) is 0 Å². The molecule has 7 heavy (non-hydrogen) atoms. The van der Waals surface area contributed by atoms with Gasteiger partial charge in [-0.15, -0.1) is 0 Å². The molecule has 0 spiro atoms. The number of rotatable bonds is 1. The van der Waals surface area contributed by atoms with Gasteiger partial charge in [0.15, 0.2) is 0 Å². The van der Waals surface area contributed by atoms with Gasteiger partial charge in [-0.05, 0) is 0 Å². The predicted octanol–water partition coefficient (Wildman–Crippen LogP) is -1.08. The van der Waals surface area contributed by atoms with E-state index in [-0.39, 0.29) is 95.5 Å². The van der Waals surface area contributed by atoms with Crippen molar-refractivity contribution in [2.75, 3.05) is 0 Å². The molecule has 0 atom stereocenters. The Balaban J connectivity index is -0.0000000800. The summed E-state index contributed by atoms with van der Waals surface area (Å²) >= 11 is 0. The first-order valence-electron chi connectivity index (χ1n) is 1.49. The zero-order chi connectivity index (χ0) is 4.28. The van der Waals surface area contributed by atoms with Crippen molar-refractivity contribution in [3.8, 4) is 0 Å². The zero-order valence-electron chi connectivity index (χ0n) is 3.06. The monoisotopic (exact) mass is 156 g/mol. The molecule has 0 aromatic carbocycles. The third-order valence-electron chi connectivity index (χ3n) is 0.302. The third-order valence-corrected chi connectivity index (χ3v) is 0.302. The standard InChI is InChI=1S/C3H6O2.Ca.K.3H/c1-2-3(4)5;;;;;/h2H2,1H3,(H,4,5);;;;;. The Morgan fingerprint density at radius 3 is 1.86 bits per heavy atom. The van der Waals surface area contributed by atoms with E-state index >= 15 is 0 Å². The molecule has 0 aromatic heterocycles. The summed E-state index contributed by atoms with van der Waals surface area (Å²) in [6.45, 7) is 1.60. The maximum atomic E-state index is 9.37. The second-order valence-corrected chi connectivity index (χ2v) is 0.747. The number of hydrogen-bond donors (Lipinski definition) is 1. The van der Waals surface area contributed by atoms with Crippen LogP contribution in [0, 0.1) is 0 Å². The van der Waals surface area contributed by atoms with Crippen LogP contribution in [0.2, 0.25) is 0 Å². The summed E-state index contributed by atoms with van der Waals surface area (Å²) in [5.74, 6) is -0.745. The molecule has 0 aromatic rings. The number of carbonyl (C=O) groups is 1. The summed E-state index contributed by atoms with van der Waals surface area (Å²) in [6, 6.07) is 0. The van der Waals surface area contributed by atoms with Crippen LogP contribution in [0.25, 0.3) is 0 Å². The quantitative estimate of drug-likeness (QED) is 0.490. The van der Waals surface area contributed by atoms with E-state index in [1.165, 1.54) is 0 Å². The van der Waals surface area contributed by atoms with Crippen molar-refractivity contribution in [1.82, 2.24) is 0 Å². The van der Waals surface area contributed by atoms with Crippen LogP contribution < -0.4 is 0 Å². The summed E-state index contributed by atoms with van der Waals surface area (Å²) in [4.78, 5) is 9.37. The third kappa shape index (κ3) is 17.8. The second-order valence-electron chi connectivity index (χ2n) is 0.747. The van der Waals surface area contributed by atoms with Crippen LogP contribution >= 0.6 is 0 Å². The molecule has 0 bridgehead atoms. The van der Waals surface area contributed by atoms with E-state index in [1.54, 1.807) is 6.92 Å². The van der Waals surface area contributed by atoms with Gasteiger partial charge in [-0.1, -0.05) is 6.92 Å². The van der Waals surface area contributed by atoms with Crippen molar-refractivity contribution in [3.63, 3.8) is 0 Å². The van der Waals surface area contributed by atoms with Crippen LogP contribution in [0.4, 0.5) is 0 Å². The van der Waals surface area contributed by atoms with Crippen LogP contribution in [0.15, 0.2) is 0 Å². The molecule has 2 nitrogen and oxygen atoms in total. The van der Waals surface area contributed by atoms with Crippen LogP contribution in [-0.4, -0.2) is 100 Å². The van der Waals surface area contributed by atoms with Gasteiger partial charge in [0, 0.05) is 6.42 Å². The SMILES string of the molecule is CCC(=O)O.[CaH2].[KH]. The fraction of sp³-hybridized carbons (Fsp3) is 0.667. The molecule has 4 heteroatoms. The molecule has 0 rings (SSSR count). The topological polar surface area (TPSA) is 37.3 Å². The van der Waals surface area contributed by atoms with Gasteiger partial charge in [0.25, 0.3) is 0 Å². The van der Waals surface area contributed by atoms with Crippen molar-refractivity contribution in [1.29, 1.82) is 0 Å². The van der Waals surface area contributed by atoms with E-state index in [2.05, 4.69) is 0 Å². The molecule has 0 heterocycles. The molecule has 0 unspecified atom stereocenters. The van der Waals surface area contributed by atoms with Crippen LogP contribution in [-0.2, 0) is 4.79 Å². The molecule has 0 saturated heterocycles. The van der Waals surface area contributed by atoms with Crippen LogP contribution in [0.1, 0.15) is 13.3 Å². The summed E-state index contributed by atoms with van der Waals surface area (Å²) in [6.07, 6.45) is 0.222. The summed E-state index contributed by atoms with van der Waals surface area (Å²) in [5, 5.41) is 7.72. The molecule has 1 N–H and O–H groups in total. The fourth-order valence-corrected chi connectivity index (χ4v) is 0. The number of carboxylic acids is 1. The Bertz CT molecular complexity index is 48.2. The first-order chi connectivity index (χ1) is 2.27. The van der Waals surface area contributed by atoms with E-state index in [0.717, 1.165) is 0 Å². The Kier molecular flexibility index (Phi) is 25.9. The molecule has 0 aliphatic carbocycles. The molecule has 0 saturated carbocycles.